The molecule has 0 aliphatic rings. The van der Waals surface area contributed by atoms with Crippen LogP contribution in [0.25, 0.3) is 0 Å². The number of nitrogens with one attached hydrogen (secondary N) is 2. The fourth-order valence-corrected chi connectivity index (χ4v) is 1.88. The Morgan fingerprint density at radius 2 is 2.05 bits per heavy atom. The molecule has 0 aliphatic carbocycles. The van der Waals surface area contributed by atoms with Gasteiger partial charge in [-0.2, -0.15) is 0 Å². The number of nitrogen functional groups attached to an aromatic ring is 1. The van der Waals surface area contributed by atoms with Crippen molar-refractivity contribution in [1.29, 1.82) is 0 Å². The van der Waals surface area contributed by atoms with Crippen LogP contribution in [0.5, 0.6) is 0 Å². The van der Waals surface area contributed by atoms with Gasteiger partial charge in [0.2, 0.25) is 0 Å². The van der Waals surface area contributed by atoms with Crippen molar-refractivity contribution < 1.29 is 4.79 Å². The van der Waals surface area contributed by atoms with E-state index in [2.05, 4.69) is 15.7 Å². The van der Waals surface area contributed by atoms with E-state index in [1.54, 1.807) is 12.1 Å². The number of anilines is 2. The van der Waals surface area contributed by atoms with Gasteiger partial charge in [0.1, 0.15) is 5.82 Å². The molecule has 0 atom stereocenters. The van der Waals surface area contributed by atoms with Gasteiger partial charge in [-0.3, -0.25) is 4.79 Å². The van der Waals surface area contributed by atoms with E-state index in [0.717, 1.165) is 23.4 Å². The van der Waals surface area contributed by atoms with E-state index in [1.807, 2.05) is 38.1 Å². The minimum absolute atomic E-state index is 0.173. The molecule has 1 aromatic carbocycles. The highest BCUT2D eigenvalue weighted by Gasteiger charge is 2.10. The zero-order valence-electron chi connectivity index (χ0n) is 11.6. The molecule has 1 amide bonds. The molecule has 104 valence electrons. The lowest BCUT2D eigenvalue weighted by atomic mass is 10.1. The third-order valence-corrected chi connectivity index (χ3v) is 3.04. The van der Waals surface area contributed by atoms with Crippen LogP contribution >= 0.6 is 0 Å². The summed E-state index contributed by atoms with van der Waals surface area (Å²) in [5.74, 6) is 5.69. The lowest BCUT2D eigenvalue weighted by molar-refractivity contribution is 0.102. The highest BCUT2D eigenvalue weighted by Crippen LogP contribution is 2.16. The second-order valence-electron chi connectivity index (χ2n) is 4.50. The smallest absolute Gasteiger partial charge is 0.255 e. The summed E-state index contributed by atoms with van der Waals surface area (Å²) in [7, 11) is 0. The number of carbonyl (C=O) groups is 1. The van der Waals surface area contributed by atoms with Crippen molar-refractivity contribution in [1.82, 2.24) is 4.98 Å². The van der Waals surface area contributed by atoms with Crippen molar-refractivity contribution in [3.63, 3.8) is 0 Å². The average Bonchev–Trinajstić information content (AvgIpc) is 2.48. The normalized spacial score (nSPS) is 10.2. The number of hydrogen-bond acceptors (Lipinski definition) is 4. The minimum Gasteiger partial charge on any atom is -0.322 e. The summed E-state index contributed by atoms with van der Waals surface area (Å²) >= 11 is 0. The van der Waals surface area contributed by atoms with Gasteiger partial charge < -0.3 is 10.7 Å². The van der Waals surface area contributed by atoms with Crippen molar-refractivity contribution in [2.24, 2.45) is 5.84 Å². The molecule has 5 heteroatoms. The van der Waals surface area contributed by atoms with E-state index in [4.69, 9.17) is 5.84 Å². The van der Waals surface area contributed by atoms with Gasteiger partial charge in [-0.1, -0.05) is 25.1 Å². The van der Waals surface area contributed by atoms with Gasteiger partial charge in [-0.05, 0) is 37.1 Å². The topological polar surface area (TPSA) is 80.0 Å². The molecule has 0 aliphatic heterocycles. The standard InChI is InChI=1S/C15H18N4O/c1-3-12-8-11(9-14(17-12)19-16)15(20)18-13-7-5-4-6-10(13)2/h4-9H,3,16H2,1-2H3,(H,17,19)(H,18,20). The fourth-order valence-electron chi connectivity index (χ4n) is 1.88. The number of carbonyl (C=O) groups excluding carboxylic acids is 1. The first kappa shape index (κ1) is 14.0. The second kappa shape index (κ2) is 6.16. The number of amides is 1. The highest BCUT2D eigenvalue weighted by molar-refractivity contribution is 6.05. The average molecular weight is 270 g/mol. The molecule has 2 aromatic rings. The predicted molar refractivity (Wildman–Crippen MR) is 80.6 cm³/mol. The maximum atomic E-state index is 12.3. The van der Waals surface area contributed by atoms with E-state index < -0.39 is 0 Å². The van der Waals surface area contributed by atoms with Crippen LogP contribution in [0.2, 0.25) is 0 Å². The zero-order chi connectivity index (χ0) is 14.5. The number of hydrogen-bond donors (Lipinski definition) is 3. The molecule has 0 fully saturated rings. The Labute approximate surface area is 118 Å². The first-order valence-electron chi connectivity index (χ1n) is 6.48. The molecule has 0 saturated heterocycles. The lowest BCUT2D eigenvalue weighted by Gasteiger charge is -2.10. The van der Waals surface area contributed by atoms with E-state index in [0.29, 0.717) is 11.4 Å². The SMILES string of the molecule is CCc1cc(C(=O)Nc2ccccc2C)cc(NN)n1. The van der Waals surface area contributed by atoms with Crippen molar-refractivity contribution in [2.45, 2.75) is 20.3 Å². The van der Waals surface area contributed by atoms with Gasteiger partial charge in [-0.15, -0.1) is 0 Å². The second-order valence-corrected chi connectivity index (χ2v) is 4.50. The number of rotatable bonds is 4. The molecule has 0 unspecified atom stereocenters. The maximum Gasteiger partial charge on any atom is 0.255 e. The fraction of sp³-hybridized carbons (Fsp3) is 0.200. The monoisotopic (exact) mass is 270 g/mol. The number of hydrazine groups is 1. The van der Waals surface area contributed by atoms with Crippen molar-refractivity contribution in [2.75, 3.05) is 10.7 Å². The van der Waals surface area contributed by atoms with Crippen molar-refractivity contribution in [3.05, 3.63) is 53.2 Å². The largest absolute Gasteiger partial charge is 0.322 e. The molecule has 0 bridgehead atoms. The van der Waals surface area contributed by atoms with Crippen LogP contribution in [0.15, 0.2) is 36.4 Å². The van der Waals surface area contributed by atoms with Gasteiger partial charge in [0.15, 0.2) is 0 Å². The molecule has 0 radical (unpaired) electrons. The molecular weight excluding hydrogens is 252 g/mol. The van der Waals surface area contributed by atoms with Crippen LogP contribution in [-0.4, -0.2) is 10.9 Å². The maximum absolute atomic E-state index is 12.3. The Balaban J connectivity index is 2.27. The van der Waals surface area contributed by atoms with Gasteiger partial charge in [0.05, 0.1) is 0 Å². The van der Waals surface area contributed by atoms with E-state index in [1.165, 1.54) is 0 Å². The van der Waals surface area contributed by atoms with Gasteiger partial charge in [-0.25, -0.2) is 10.8 Å². The van der Waals surface area contributed by atoms with Crippen LogP contribution in [0.4, 0.5) is 11.5 Å². The summed E-state index contributed by atoms with van der Waals surface area (Å²) in [5, 5.41) is 2.89. The Morgan fingerprint density at radius 3 is 2.70 bits per heavy atom. The number of para-hydroxylation sites is 1. The predicted octanol–water partition coefficient (Wildman–Crippen LogP) is 2.49. The van der Waals surface area contributed by atoms with Crippen LogP contribution in [-0.2, 0) is 6.42 Å². The first-order chi connectivity index (χ1) is 9.63. The molecule has 5 nitrogen and oxygen atoms in total. The quantitative estimate of drug-likeness (QED) is 0.589. The molecular formula is C15H18N4O. The third kappa shape index (κ3) is 3.13. The number of nitrogens with two attached hydrogens (primary N) is 1. The van der Waals surface area contributed by atoms with E-state index >= 15 is 0 Å². The Kier molecular flexibility index (Phi) is 4.32. The molecule has 0 spiro atoms. The van der Waals surface area contributed by atoms with Crippen molar-refractivity contribution >= 4 is 17.4 Å². The number of pyridine rings is 1. The highest BCUT2D eigenvalue weighted by atomic mass is 16.1. The lowest BCUT2D eigenvalue weighted by Crippen LogP contribution is -2.16. The summed E-state index contributed by atoms with van der Waals surface area (Å²) < 4.78 is 0. The summed E-state index contributed by atoms with van der Waals surface area (Å²) in [4.78, 5) is 16.6. The molecule has 0 saturated carbocycles. The number of aromatic nitrogens is 1. The summed E-state index contributed by atoms with van der Waals surface area (Å²) in [5.41, 5.74) is 5.65. The number of nitrogens with zero attached hydrogens (tertiary/aromatic N) is 1. The summed E-state index contributed by atoms with van der Waals surface area (Å²) in [6.07, 6.45) is 0.736. The molecule has 1 heterocycles. The van der Waals surface area contributed by atoms with Crippen LogP contribution in [0.1, 0.15) is 28.5 Å². The van der Waals surface area contributed by atoms with E-state index in [-0.39, 0.29) is 5.91 Å². The molecule has 2 rings (SSSR count). The van der Waals surface area contributed by atoms with Crippen LogP contribution in [0.3, 0.4) is 0 Å². The third-order valence-electron chi connectivity index (χ3n) is 3.04. The number of aryl methyl sites for hydroxylation is 2. The Morgan fingerprint density at radius 1 is 1.30 bits per heavy atom. The zero-order valence-corrected chi connectivity index (χ0v) is 11.6. The number of benzene rings is 1. The molecule has 20 heavy (non-hydrogen) atoms. The first-order valence-corrected chi connectivity index (χ1v) is 6.48. The molecule has 4 N–H and O–H groups in total. The van der Waals surface area contributed by atoms with Gasteiger partial charge in [0, 0.05) is 16.9 Å². The minimum atomic E-state index is -0.173. The van der Waals surface area contributed by atoms with Gasteiger partial charge in [0.25, 0.3) is 5.91 Å². The summed E-state index contributed by atoms with van der Waals surface area (Å²) in [6.45, 7) is 3.93. The van der Waals surface area contributed by atoms with Crippen LogP contribution < -0.4 is 16.6 Å². The van der Waals surface area contributed by atoms with Crippen molar-refractivity contribution in [3.8, 4) is 0 Å². The van der Waals surface area contributed by atoms with Gasteiger partial charge >= 0.3 is 0 Å². The van der Waals surface area contributed by atoms with E-state index in [9.17, 15) is 4.79 Å². The van der Waals surface area contributed by atoms with Crippen LogP contribution in [0, 0.1) is 6.92 Å². The Bertz CT molecular complexity index is 603. The summed E-state index contributed by atoms with van der Waals surface area (Å²) in [6, 6.07) is 11.0. The molecule has 1 aromatic heterocycles. The Hall–Kier alpha value is -2.40.